The predicted molar refractivity (Wildman–Crippen MR) is 126 cm³/mol. The Balaban J connectivity index is 1.37. The number of nitrogens with zero attached hydrogens (tertiary/aromatic N) is 4. The van der Waals surface area contributed by atoms with E-state index >= 15 is 0 Å². The minimum atomic E-state index is -0.183. The third-order valence-electron chi connectivity index (χ3n) is 6.00. The molecule has 3 aromatic carbocycles. The van der Waals surface area contributed by atoms with Crippen LogP contribution in [0.1, 0.15) is 11.1 Å². The molecule has 0 amide bonds. The molecule has 1 fully saturated rings. The van der Waals surface area contributed by atoms with Crippen LogP contribution in [0.15, 0.2) is 78.9 Å². The minimum Gasteiger partial charge on any atom is -0.354 e. The molecule has 1 aliphatic rings. The van der Waals surface area contributed by atoms with Gasteiger partial charge in [0, 0.05) is 43.7 Å². The summed E-state index contributed by atoms with van der Waals surface area (Å²) in [7, 11) is 0. The predicted octanol–water partition coefficient (Wildman–Crippen LogP) is 5.23. The fourth-order valence-electron chi connectivity index (χ4n) is 4.33. The van der Waals surface area contributed by atoms with Crippen molar-refractivity contribution in [2.24, 2.45) is 0 Å². The van der Waals surface area contributed by atoms with Crippen LogP contribution in [-0.4, -0.2) is 36.1 Å². The summed E-state index contributed by atoms with van der Waals surface area (Å²) in [5.41, 5.74) is 4.63. The Bertz CT molecular complexity index is 1300. The van der Waals surface area contributed by atoms with E-state index in [-0.39, 0.29) is 5.82 Å². The van der Waals surface area contributed by atoms with Crippen LogP contribution in [-0.2, 0) is 6.54 Å². The van der Waals surface area contributed by atoms with Gasteiger partial charge in [0.25, 0.3) is 0 Å². The van der Waals surface area contributed by atoms with E-state index in [0.29, 0.717) is 5.56 Å². The molecule has 0 spiro atoms. The molecule has 5 heteroatoms. The minimum absolute atomic E-state index is 0.183. The van der Waals surface area contributed by atoms with Crippen LogP contribution in [0, 0.1) is 17.1 Å². The van der Waals surface area contributed by atoms with Crippen molar-refractivity contribution in [1.29, 1.82) is 5.26 Å². The second-order valence-electron chi connectivity index (χ2n) is 8.13. The Morgan fingerprint density at radius 3 is 2.50 bits per heavy atom. The number of rotatable bonds is 4. The van der Waals surface area contributed by atoms with Gasteiger partial charge in [-0.3, -0.25) is 4.90 Å². The maximum absolute atomic E-state index is 13.5. The summed E-state index contributed by atoms with van der Waals surface area (Å²) in [6, 6.07) is 27.1. The van der Waals surface area contributed by atoms with Crippen molar-refractivity contribution in [1.82, 2.24) is 9.88 Å². The highest BCUT2D eigenvalue weighted by molar-refractivity contribution is 5.94. The van der Waals surface area contributed by atoms with Gasteiger partial charge in [0.15, 0.2) is 0 Å². The third-order valence-corrected chi connectivity index (χ3v) is 6.00. The Morgan fingerprint density at radius 2 is 1.69 bits per heavy atom. The van der Waals surface area contributed by atoms with Gasteiger partial charge in [0.1, 0.15) is 11.6 Å². The monoisotopic (exact) mass is 422 g/mol. The molecule has 4 nitrogen and oxygen atoms in total. The Kier molecular flexibility index (Phi) is 5.53. The van der Waals surface area contributed by atoms with Gasteiger partial charge in [0.05, 0.1) is 17.1 Å². The van der Waals surface area contributed by atoms with E-state index in [4.69, 9.17) is 4.98 Å². The van der Waals surface area contributed by atoms with Gasteiger partial charge in [-0.1, -0.05) is 42.5 Å². The van der Waals surface area contributed by atoms with Crippen LogP contribution in [0.25, 0.3) is 22.0 Å². The lowest BCUT2D eigenvalue weighted by molar-refractivity contribution is 0.249. The van der Waals surface area contributed by atoms with E-state index in [9.17, 15) is 9.65 Å². The van der Waals surface area contributed by atoms with Gasteiger partial charge in [-0.2, -0.15) is 5.26 Å². The summed E-state index contributed by atoms with van der Waals surface area (Å²) in [5.74, 6) is 0.782. The van der Waals surface area contributed by atoms with Crippen LogP contribution < -0.4 is 4.90 Å². The average Bonchev–Trinajstić information content (AvgIpc) is 2.84. The molecular formula is C27H23FN4. The van der Waals surface area contributed by atoms with Crippen LogP contribution in [0.5, 0.6) is 0 Å². The topological polar surface area (TPSA) is 43.2 Å². The smallest absolute Gasteiger partial charge is 0.129 e. The van der Waals surface area contributed by atoms with Crippen molar-refractivity contribution in [3.63, 3.8) is 0 Å². The van der Waals surface area contributed by atoms with Crippen molar-refractivity contribution in [3.05, 3.63) is 95.8 Å². The normalized spacial score (nSPS) is 14.4. The van der Waals surface area contributed by atoms with E-state index in [0.717, 1.165) is 66.1 Å². The number of fused-ring (bicyclic) bond motifs is 1. The summed E-state index contributed by atoms with van der Waals surface area (Å²) in [6.45, 7) is 4.32. The van der Waals surface area contributed by atoms with E-state index in [1.54, 1.807) is 12.1 Å². The number of hydrogen-bond acceptors (Lipinski definition) is 4. The molecule has 0 N–H and O–H groups in total. The number of halogens is 1. The fourth-order valence-corrected chi connectivity index (χ4v) is 4.33. The number of para-hydroxylation sites is 1. The molecule has 0 atom stereocenters. The Morgan fingerprint density at radius 1 is 0.875 bits per heavy atom. The van der Waals surface area contributed by atoms with Gasteiger partial charge in [-0.25, -0.2) is 9.37 Å². The van der Waals surface area contributed by atoms with Crippen LogP contribution in [0.4, 0.5) is 10.2 Å². The molecule has 0 saturated carbocycles. The number of benzene rings is 3. The van der Waals surface area contributed by atoms with Crippen molar-refractivity contribution >= 4 is 16.7 Å². The largest absolute Gasteiger partial charge is 0.354 e. The third kappa shape index (κ3) is 4.18. The summed E-state index contributed by atoms with van der Waals surface area (Å²) in [4.78, 5) is 9.69. The molecule has 5 rings (SSSR count). The molecule has 0 unspecified atom stereocenters. The average molecular weight is 423 g/mol. The quantitative estimate of drug-likeness (QED) is 0.451. The zero-order chi connectivity index (χ0) is 21.9. The van der Waals surface area contributed by atoms with Gasteiger partial charge >= 0.3 is 0 Å². The lowest BCUT2D eigenvalue weighted by atomic mass is 10.0. The molecule has 1 aromatic heterocycles. The van der Waals surface area contributed by atoms with Crippen LogP contribution >= 0.6 is 0 Å². The van der Waals surface area contributed by atoms with E-state index < -0.39 is 0 Å². The van der Waals surface area contributed by atoms with Crippen LogP contribution in [0.3, 0.4) is 0 Å². The van der Waals surface area contributed by atoms with E-state index in [2.05, 4.69) is 40.1 Å². The first-order chi connectivity index (χ1) is 15.7. The zero-order valence-electron chi connectivity index (χ0n) is 17.7. The van der Waals surface area contributed by atoms with Crippen LogP contribution in [0.2, 0.25) is 0 Å². The second kappa shape index (κ2) is 8.78. The summed E-state index contributed by atoms with van der Waals surface area (Å²) in [5, 5.41) is 10.4. The number of hydrogen-bond donors (Lipinski definition) is 0. The summed E-state index contributed by atoms with van der Waals surface area (Å²) >= 11 is 0. The molecule has 158 valence electrons. The molecular weight excluding hydrogens is 399 g/mol. The number of pyridine rings is 1. The van der Waals surface area contributed by atoms with Gasteiger partial charge < -0.3 is 4.90 Å². The van der Waals surface area contributed by atoms with Gasteiger partial charge in [-0.05, 0) is 47.5 Å². The fraction of sp³-hybridized carbons (Fsp3) is 0.185. The molecule has 0 aliphatic carbocycles. The molecule has 32 heavy (non-hydrogen) atoms. The van der Waals surface area contributed by atoms with E-state index in [1.807, 2.05) is 36.4 Å². The number of nitriles is 1. The molecule has 1 saturated heterocycles. The molecule has 2 heterocycles. The number of anilines is 1. The second-order valence-corrected chi connectivity index (χ2v) is 8.13. The molecule has 4 aromatic rings. The van der Waals surface area contributed by atoms with Gasteiger partial charge in [0.2, 0.25) is 0 Å². The van der Waals surface area contributed by atoms with Crippen molar-refractivity contribution in [2.45, 2.75) is 6.54 Å². The molecule has 1 aliphatic heterocycles. The number of piperazine rings is 1. The van der Waals surface area contributed by atoms with Crippen molar-refractivity contribution in [3.8, 4) is 17.2 Å². The first kappa shape index (κ1) is 20.2. The maximum Gasteiger partial charge on any atom is 0.129 e. The highest BCUT2D eigenvalue weighted by Crippen LogP contribution is 2.30. The van der Waals surface area contributed by atoms with Crippen molar-refractivity contribution in [2.75, 3.05) is 31.1 Å². The van der Waals surface area contributed by atoms with E-state index in [1.165, 1.54) is 6.07 Å². The number of aromatic nitrogens is 1. The summed E-state index contributed by atoms with van der Waals surface area (Å²) in [6.07, 6.45) is 0. The highest BCUT2D eigenvalue weighted by Gasteiger charge is 2.19. The van der Waals surface area contributed by atoms with Crippen molar-refractivity contribution < 1.29 is 4.39 Å². The Labute approximate surface area is 187 Å². The molecule has 0 radical (unpaired) electrons. The lowest BCUT2D eigenvalue weighted by Gasteiger charge is -2.35. The van der Waals surface area contributed by atoms with Gasteiger partial charge in [-0.15, -0.1) is 0 Å². The Hall–Kier alpha value is -3.75. The SMILES string of the molecule is N#Cc1cccc(-c2cccc3ccc(N4CCN(Cc5cccc(F)c5)CC4)nc23)c1. The lowest BCUT2D eigenvalue weighted by Crippen LogP contribution is -2.46. The highest BCUT2D eigenvalue weighted by atomic mass is 19.1. The first-order valence-electron chi connectivity index (χ1n) is 10.8. The zero-order valence-corrected chi connectivity index (χ0v) is 17.7. The summed E-state index contributed by atoms with van der Waals surface area (Å²) < 4.78 is 13.5. The first-order valence-corrected chi connectivity index (χ1v) is 10.8. The maximum atomic E-state index is 13.5. The molecule has 0 bridgehead atoms. The standard InChI is InChI=1S/C27H23FN4/c28-24-8-2-5-21(17-24)19-31-12-14-32(15-13-31)26-11-10-22-6-3-9-25(27(22)30-26)23-7-1-4-20(16-23)18-29/h1-11,16-17H,12-15,19H2.